The van der Waals surface area contributed by atoms with Gasteiger partial charge in [-0.05, 0) is 55.4 Å². The molecule has 0 saturated carbocycles. The second-order valence-electron chi connectivity index (χ2n) is 8.35. The lowest BCUT2D eigenvalue weighted by atomic mass is 10.1. The number of hydrogen-bond donors (Lipinski definition) is 0. The molecule has 4 aromatic rings. The first-order chi connectivity index (χ1) is 16.0. The quantitative estimate of drug-likeness (QED) is 0.432. The van der Waals surface area contributed by atoms with E-state index in [-0.39, 0.29) is 0 Å². The van der Waals surface area contributed by atoms with Crippen molar-refractivity contribution in [2.75, 3.05) is 37.6 Å². The van der Waals surface area contributed by atoms with Gasteiger partial charge >= 0.3 is 6.18 Å². The van der Waals surface area contributed by atoms with Gasteiger partial charge in [0.2, 0.25) is 0 Å². The molecule has 0 bridgehead atoms. The minimum absolute atomic E-state index is 0.588. The van der Waals surface area contributed by atoms with Crippen LogP contribution in [0.1, 0.15) is 12.0 Å². The topological polar surface area (TPSA) is 42.1 Å². The summed E-state index contributed by atoms with van der Waals surface area (Å²) in [6, 6.07) is 14.1. The lowest BCUT2D eigenvalue weighted by molar-refractivity contribution is -0.137. The van der Waals surface area contributed by atoms with Crippen molar-refractivity contribution in [2.45, 2.75) is 19.1 Å². The smallest absolute Gasteiger partial charge is 0.369 e. The van der Waals surface area contributed by atoms with Crippen LogP contribution < -0.4 is 4.90 Å². The largest absolute Gasteiger partial charge is 0.416 e. The molecule has 33 heavy (non-hydrogen) atoms. The van der Waals surface area contributed by atoms with Crippen molar-refractivity contribution >= 4 is 16.6 Å². The molecule has 0 amide bonds. The highest BCUT2D eigenvalue weighted by molar-refractivity contribution is 5.82. The van der Waals surface area contributed by atoms with Crippen LogP contribution in [0.2, 0.25) is 0 Å². The molecule has 0 aliphatic carbocycles. The normalized spacial score (nSPS) is 15.4. The van der Waals surface area contributed by atoms with E-state index >= 15 is 0 Å². The number of piperazine rings is 1. The fourth-order valence-electron chi connectivity index (χ4n) is 4.45. The molecule has 0 radical (unpaired) electrons. The van der Waals surface area contributed by atoms with E-state index in [1.165, 1.54) is 23.0 Å². The maximum Gasteiger partial charge on any atom is 0.416 e. The van der Waals surface area contributed by atoms with Gasteiger partial charge in [-0.25, -0.2) is 0 Å². The van der Waals surface area contributed by atoms with Gasteiger partial charge in [0.05, 0.1) is 5.56 Å². The Bertz CT molecular complexity index is 1210. The van der Waals surface area contributed by atoms with Crippen molar-refractivity contribution in [1.82, 2.24) is 24.2 Å². The van der Waals surface area contributed by atoms with Gasteiger partial charge < -0.3 is 9.47 Å². The van der Waals surface area contributed by atoms with Gasteiger partial charge in [0.1, 0.15) is 12.7 Å². The Labute approximate surface area is 189 Å². The van der Waals surface area contributed by atoms with E-state index < -0.39 is 11.7 Å². The number of benzene rings is 2. The molecule has 3 heterocycles. The summed E-state index contributed by atoms with van der Waals surface area (Å²) in [6.07, 6.45) is 2.20. The van der Waals surface area contributed by atoms with Gasteiger partial charge in [-0.2, -0.15) is 13.2 Å². The van der Waals surface area contributed by atoms with Gasteiger partial charge in [0.15, 0.2) is 0 Å². The average Bonchev–Trinajstić information content (AvgIpc) is 3.49. The van der Waals surface area contributed by atoms with Crippen molar-refractivity contribution in [3.8, 4) is 5.69 Å². The van der Waals surface area contributed by atoms with Crippen molar-refractivity contribution in [3.05, 3.63) is 72.9 Å². The number of anilines is 1. The van der Waals surface area contributed by atoms with Gasteiger partial charge in [0.25, 0.3) is 0 Å². The number of halogens is 3. The number of aromatic nitrogens is 4. The van der Waals surface area contributed by atoms with Crippen LogP contribution in [0.3, 0.4) is 0 Å². The zero-order valence-corrected chi connectivity index (χ0v) is 18.1. The van der Waals surface area contributed by atoms with Crippen LogP contribution in [0.5, 0.6) is 0 Å². The van der Waals surface area contributed by atoms with Crippen LogP contribution in [0, 0.1) is 0 Å². The lowest BCUT2D eigenvalue weighted by Gasteiger charge is -2.36. The highest BCUT2D eigenvalue weighted by atomic mass is 19.4. The fourth-order valence-corrected chi connectivity index (χ4v) is 4.45. The van der Waals surface area contributed by atoms with Crippen LogP contribution >= 0.6 is 0 Å². The second kappa shape index (κ2) is 8.90. The molecular weight excluding hydrogens is 429 g/mol. The Kier molecular flexibility index (Phi) is 5.80. The summed E-state index contributed by atoms with van der Waals surface area (Å²) in [5.74, 6) is 0. The molecule has 0 atom stereocenters. The van der Waals surface area contributed by atoms with E-state index in [0.29, 0.717) is 5.69 Å². The predicted octanol–water partition coefficient (Wildman–Crippen LogP) is 4.45. The van der Waals surface area contributed by atoms with Crippen LogP contribution in [0.15, 0.2) is 67.4 Å². The molecular formula is C24H25F3N6. The third-order valence-corrected chi connectivity index (χ3v) is 6.26. The minimum Gasteiger partial charge on any atom is -0.369 e. The highest BCUT2D eigenvalue weighted by Crippen LogP contribution is 2.32. The van der Waals surface area contributed by atoms with Crippen molar-refractivity contribution in [2.24, 2.45) is 0 Å². The SMILES string of the molecule is FC(F)(F)c1cccc(N2CCN(CCCn3ccc4cc(-n5cnnc5)ccc43)CC2)c1. The van der Waals surface area contributed by atoms with Crippen molar-refractivity contribution in [1.29, 1.82) is 0 Å². The first-order valence-electron chi connectivity index (χ1n) is 11.1. The number of fused-ring (bicyclic) bond motifs is 1. The van der Waals surface area contributed by atoms with E-state index in [9.17, 15) is 13.2 Å². The zero-order chi connectivity index (χ0) is 22.8. The number of hydrogen-bond acceptors (Lipinski definition) is 4. The van der Waals surface area contributed by atoms with Gasteiger partial charge in [-0.3, -0.25) is 9.47 Å². The van der Waals surface area contributed by atoms with E-state index in [1.54, 1.807) is 18.7 Å². The summed E-state index contributed by atoms with van der Waals surface area (Å²) in [6.45, 7) is 5.06. The summed E-state index contributed by atoms with van der Waals surface area (Å²) in [5.41, 5.74) is 2.29. The fraction of sp³-hybridized carbons (Fsp3) is 0.333. The lowest BCUT2D eigenvalue weighted by Crippen LogP contribution is -2.46. The number of alkyl halides is 3. The van der Waals surface area contributed by atoms with Crippen LogP contribution in [-0.4, -0.2) is 57.0 Å². The molecule has 2 aromatic carbocycles. The van der Waals surface area contributed by atoms with Gasteiger partial charge in [-0.1, -0.05) is 6.07 Å². The summed E-state index contributed by atoms with van der Waals surface area (Å²) < 4.78 is 43.2. The third kappa shape index (κ3) is 4.73. The minimum atomic E-state index is -4.31. The third-order valence-electron chi connectivity index (χ3n) is 6.26. The van der Waals surface area contributed by atoms with Gasteiger partial charge in [-0.15, -0.1) is 10.2 Å². The molecule has 1 aliphatic heterocycles. The first-order valence-corrected chi connectivity index (χ1v) is 11.1. The Morgan fingerprint density at radius 1 is 0.818 bits per heavy atom. The molecule has 0 N–H and O–H groups in total. The Hall–Kier alpha value is -3.33. The molecule has 1 fully saturated rings. The van der Waals surface area contributed by atoms with Crippen molar-refractivity contribution in [3.63, 3.8) is 0 Å². The molecule has 1 aliphatic rings. The first kappa shape index (κ1) is 21.5. The summed E-state index contributed by atoms with van der Waals surface area (Å²) >= 11 is 0. The monoisotopic (exact) mass is 454 g/mol. The standard InChI is InChI=1S/C24H25F3N6/c25-24(26,27)20-3-1-4-21(16-20)31-13-11-30(12-14-31)8-2-9-32-10-7-19-15-22(5-6-23(19)32)33-17-28-29-18-33/h1,3-7,10,15-18H,2,8-9,11-14H2. The molecule has 2 aromatic heterocycles. The number of aryl methyl sites for hydroxylation is 1. The summed E-state index contributed by atoms with van der Waals surface area (Å²) in [5, 5.41) is 8.89. The van der Waals surface area contributed by atoms with E-state index in [0.717, 1.165) is 57.4 Å². The van der Waals surface area contributed by atoms with Crippen LogP contribution in [0.25, 0.3) is 16.6 Å². The average molecular weight is 455 g/mol. The summed E-state index contributed by atoms with van der Waals surface area (Å²) in [7, 11) is 0. The van der Waals surface area contributed by atoms with E-state index in [2.05, 4.69) is 50.1 Å². The van der Waals surface area contributed by atoms with E-state index in [4.69, 9.17) is 0 Å². The molecule has 0 unspecified atom stereocenters. The Morgan fingerprint density at radius 3 is 2.36 bits per heavy atom. The molecule has 0 spiro atoms. The number of rotatable bonds is 6. The molecule has 9 heteroatoms. The molecule has 5 rings (SSSR count). The highest BCUT2D eigenvalue weighted by Gasteiger charge is 2.31. The zero-order valence-electron chi connectivity index (χ0n) is 18.1. The van der Waals surface area contributed by atoms with E-state index in [1.807, 2.05) is 9.47 Å². The summed E-state index contributed by atoms with van der Waals surface area (Å²) in [4.78, 5) is 4.43. The Morgan fingerprint density at radius 2 is 1.61 bits per heavy atom. The Balaban J connectivity index is 1.13. The molecule has 6 nitrogen and oxygen atoms in total. The maximum atomic E-state index is 13.0. The van der Waals surface area contributed by atoms with Gasteiger partial charge in [0, 0.05) is 61.2 Å². The number of nitrogens with zero attached hydrogens (tertiary/aromatic N) is 6. The molecule has 172 valence electrons. The van der Waals surface area contributed by atoms with Crippen LogP contribution in [-0.2, 0) is 12.7 Å². The maximum absolute atomic E-state index is 13.0. The van der Waals surface area contributed by atoms with Crippen molar-refractivity contribution < 1.29 is 13.2 Å². The predicted molar refractivity (Wildman–Crippen MR) is 122 cm³/mol. The van der Waals surface area contributed by atoms with Crippen LogP contribution in [0.4, 0.5) is 18.9 Å². The molecule has 1 saturated heterocycles. The second-order valence-corrected chi connectivity index (χ2v) is 8.35.